The molecule has 0 bridgehead atoms. The summed E-state index contributed by atoms with van der Waals surface area (Å²) in [5.41, 5.74) is 2.29. The second-order valence-electron chi connectivity index (χ2n) is 9.47. The lowest BCUT2D eigenvalue weighted by atomic mass is 10.0. The molecule has 0 spiro atoms. The molecule has 0 aliphatic carbocycles. The van der Waals surface area contributed by atoms with Crippen LogP contribution in [0.2, 0.25) is 10.0 Å². The maximum absolute atomic E-state index is 13.3. The fourth-order valence-corrected chi connectivity index (χ4v) is 4.47. The molecule has 1 amide bonds. The van der Waals surface area contributed by atoms with Gasteiger partial charge in [0.05, 0.1) is 11.6 Å². The van der Waals surface area contributed by atoms with E-state index < -0.39 is 6.04 Å². The lowest BCUT2D eigenvalue weighted by molar-refractivity contribution is -0.122. The fourth-order valence-electron chi connectivity index (χ4n) is 3.99. The Hall–Kier alpha value is -4.06. The predicted molar refractivity (Wildman–Crippen MR) is 155 cm³/mol. The molecule has 10 heteroatoms. The van der Waals surface area contributed by atoms with Gasteiger partial charge in [-0.25, -0.2) is 0 Å². The molecule has 39 heavy (non-hydrogen) atoms. The first-order valence-electron chi connectivity index (χ1n) is 12.5. The summed E-state index contributed by atoms with van der Waals surface area (Å²) in [6.07, 6.45) is 4.37. The molecule has 1 atom stereocenters. The summed E-state index contributed by atoms with van der Waals surface area (Å²) >= 11 is 12.3. The van der Waals surface area contributed by atoms with Gasteiger partial charge in [0.15, 0.2) is 0 Å². The number of rotatable bonds is 11. The number of nitrogens with one attached hydrogen (secondary N) is 3. The molecular weight excluding hydrogens is 533 g/mol. The third kappa shape index (κ3) is 7.96. The molecule has 3 N–H and O–H groups in total. The van der Waals surface area contributed by atoms with Crippen LogP contribution in [0.3, 0.4) is 0 Å². The largest absolute Gasteiger partial charge is 0.358 e. The summed E-state index contributed by atoms with van der Waals surface area (Å²) in [4.78, 5) is 22.6. The quantitative estimate of drug-likeness (QED) is 0.201. The molecule has 1 unspecified atom stereocenters. The number of anilines is 2. The van der Waals surface area contributed by atoms with E-state index in [1.165, 1.54) is 0 Å². The van der Waals surface area contributed by atoms with Gasteiger partial charge in [0, 0.05) is 41.6 Å². The van der Waals surface area contributed by atoms with Crippen molar-refractivity contribution in [2.45, 2.75) is 39.4 Å². The van der Waals surface area contributed by atoms with Crippen molar-refractivity contribution in [3.63, 3.8) is 0 Å². The zero-order chi connectivity index (χ0) is 27.8. The van der Waals surface area contributed by atoms with E-state index in [0.717, 1.165) is 11.1 Å². The Kier molecular flexibility index (Phi) is 9.42. The first kappa shape index (κ1) is 28.0. The molecule has 0 aliphatic heterocycles. The average molecular weight is 563 g/mol. The summed E-state index contributed by atoms with van der Waals surface area (Å²) < 4.78 is 1.87. The monoisotopic (exact) mass is 561 g/mol. The summed E-state index contributed by atoms with van der Waals surface area (Å²) in [6.45, 7) is 4.83. The third-order valence-corrected chi connectivity index (χ3v) is 6.49. The summed E-state index contributed by atoms with van der Waals surface area (Å²) in [5.74, 6) is 1.62. The molecule has 0 saturated heterocycles. The van der Waals surface area contributed by atoms with Crippen LogP contribution >= 0.6 is 23.2 Å². The number of amides is 1. The number of aromatic nitrogens is 3. The number of benzene rings is 2. The van der Waals surface area contributed by atoms with Gasteiger partial charge in [-0.2, -0.15) is 15.2 Å². The Morgan fingerprint density at radius 3 is 2.54 bits per heavy atom. The molecule has 0 radical (unpaired) electrons. The van der Waals surface area contributed by atoms with Crippen molar-refractivity contribution in [2.24, 2.45) is 5.92 Å². The van der Waals surface area contributed by atoms with E-state index >= 15 is 0 Å². The number of carbonyl (C=O) groups is 1. The van der Waals surface area contributed by atoms with Crippen LogP contribution in [0.1, 0.15) is 37.0 Å². The van der Waals surface area contributed by atoms with E-state index in [1.54, 1.807) is 30.3 Å². The number of nitriles is 1. The van der Waals surface area contributed by atoms with Crippen LogP contribution < -0.4 is 16.0 Å². The molecule has 200 valence electrons. The van der Waals surface area contributed by atoms with Crippen molar-refractivity contribution in [3.8, 4) is 11.9 Å². The van der Waals surface area contributed by atoms with Crippen LogP contribution in [0.25, 0.3) is 5.82 Å². The van der Waals surface area contributed by atoms with Crippen LogP contribution in [0.15, 0.2) is 73.1 Å². The van der Waals surface area contributed by atoms with E-state index in [1.807, 2.05) is 47.3 Å². The van der Waals surface area contributed by atoms with E-state index in [-0.39, 0.29) is 18.4 Å². The second-order valence-corrected chi connectivity index (χ2v) is 10.3. The Morgan fingerprint density at radius 1 is 1.03 bits per heavy atom. The van der Waals surface area contributed by atoms with Gasteiger partial charge in [-0.15, -0.1) is 0 Å². The first-order valence-corrected chi connectivity index (χ1v) is 13.3. The van der Waals surface area contributed by atoms with Crippen LogP contribution in [-0.2, 0) is 17.9 Å². The Morgan fingerprint density at radius 2 is 1.82 bits per heavy atom. The SMILES string of the molecule is CC(C)CC(Nc1cc(-n2cccc2)nc(NCc2cccc(C#N)c2)n1)C(=O)NCc1ccc(Cl)cc1Cl. The van der Waals surface area contributed by atoms with Crippen LogP contribution in [0, 0.1) is 17.2 Å². The van der Waals surface area contributed by atoms with E-state index in [4.69, 9.17) is 23.2 Å². The standard InChI is InChI=1S/C29H29Cl2N7O/c1-19(2)12-25(28(39)33-18-22-8-9-23(30)14-24(22)31)35-26-15-27(38-10-3-4-11-38)37-29(36-26)34-17-21-7-5-6-20(13-21)16-32/h3-11,13-15,19,25H,12,17-18H2,1-2H3,(H,33,39)(H2,34,35,36,37). The molecule has 2 aromatic carbocycles. The second kappa shape index (κ2) is 13.1. The number of hydrogen-bond donors (Lipinski definition) is 3. The van der Waals surface area contributed by atoms with Gasteiger partial charge in [-0.05, 0) is 59.9 Å². The molecule has 2 heterocycles. The predicted octanol–water partition coefficient (Wildman–Crippen LogP) is 6.20. The fraction of sp³-hybridized carbons (Fsp3) is 0.241. The van der Waals surface area contributed by atoms with Crippen molar-refractivity contribution in [1.82, 2.24) is 19.9 Å². The zero-order valence-corrected chi connectivity index (χ0v) is 23.2. The summed E-state index contributed by atoms with van der Waals surface area (Å²) in [5, 5.41) is 19.8. The number of nitrogens with zero attached hydrogens (tertiary/aromatic N) is 4. The molecule has 2 aromatic heterocycles. The van der Waals surface area contributed by atoms with Crippen molar-refractivity contribution in [3.05, 3.63) is 99.8 Å². The maximum Gasteiger partial charge on any atom is 0.242 e. The summed E-state index contributed by atoms with van der Waals surface area (Å²) in [7, 11) is 0. The normalized spacial score (nSPS) is 11.6. The minimum atomic E-state index is -0.538. The van der Waals surface area contributed by atoms with Gasteiger partial charge in [0.2, 0.25) is 11.9 Å². The molecule has 0 aliphatic rings. The minimum absolute atomic E-state index is 0.168. The first-order chi connectivity index (χ1) is 18.8. The van der Waals surface area contributed by atoms with Gasteiger partial charge in [0.1, 0.15) is 17.7 Å². The van der Waals surface area contributed by atoms with Crippen LogP contribution in [0.4, 0.5) is 11.8 Å². The molecular formula is C29H29Cl2N7O. The van der Waals surface area contributed by atoms with Crippen molar-refractivity contribution < 1.29 is 4.79 Å². The minimum Gasteiger partial charge on any atom is -0.358 e. The highest BCUT2D eigenvalue weighted by Crippen LogP contribution is 2.22. The molecule has 8 nitrogen and oxygen atoms in total. The van der Waals surface area contributed by atoms with Gasteiger partial charge in [-0.1, -0.05) is 55.2 Å². The maximum atomic E-state index is 13.3. The highest BCUT2D eigenvalue weighted by molar-refractivity contribution is 6.35. The Labute approximate surface area is 238 Å². The van der Waals surface area contributed by atoms with E-state index in [9.17, 15) is 10.1 Å². The highest BCUT2D eigenvalue weighted by Gasteiger charge is 2.21. The molecule has 0 fully saturated rings. The topological polar surface area (TPSA) is 108 Å². The van der Waals surface area contributed by atoms with Gasteiger partial charge in [0.25, 0.3) is 0 Å². The molecule has 4 aromatic rings. The van der Waals surface area contributed by atoms with Crippen LogP contribution in [0.5, 0.6) is 0 Å². The number of hydrogen-bond acceptors (Lipinski definition) is 6. The van der Waals surface area contributed by atoms with Gasteiger partial charge in [-0.3, -0.25) is 4.79 Å². The summed E-state index contributed by atoms with van der Waals surface area (Å²) in [6, 6.07) is 19.8. The zero-order valence-electron chi connectivity index (χ0n) is 21.7. The Bertz CT molecular complexity index is 1460. The van der Waals surface area contributed by atoms with Crippen molar-refractivity contribution in [1.29, 1.82) is 5.26 Å². The molecule has 0 saturated carbocycles. The van der Waals surface area contributed by atoms with Crippen molar-refractivity contribution in [2.75, 3.05) is 10.6 Å². The van der Waals surface area contributed by atoms with E-state index in [2.05, 4.69) is 45.8 Å². The molecule has 4 rings (SSSR count). The lowest BCUT2D eigenvalue weighted by Crippen LogP contribution is -2.40. The lowest BCUT2D eigenvalue weighted by Gasteiger charge is -2.22. The smallest absolute Gasteiger partial charge is 0.242 e. The Balaban J connectivity index is 1.54. The number of carbonyl (C=O) groups excluding carboxylic acids is 1. The van der Waals surface area contributed by atoms with E-state index in [0.29, 0.717) is 46.2 Å². The van der Waals surface area contributed by atoms with Gasteiger partial charge >= 0.3 is 0 Å². The number of halogens is 2. The van der Waals surface area contributed by atoms with Gasteiger partial charge < -0.3 is 20.5 Å². The van der Waals surface area contributed by atoms with Crippen molar-refractivity contribution >= 4 is 40.9 Å². The third-order valence-electron chi connectivity index (χ3n) is 5.90. The average Bonchev–Trinajstić information content (AvgIpc) is 3.46. The van der Waals surface area contributed by atoms with Crippen LogP contribution in [-0.4, -0.2) is 26.5 Å². The highest BCUT2D eigenvalue weighted by atomic mass is 35.5.